The van der Waals surface area contributed by atoms with Crippen LogP contribution in [-0.4, -0.2) is 28.4 Å². The summed E-state index contributed by atoms with van der Waals surface area (Å²) < 4.78 is 28.7. The number of hydrogen-bond donors (Lipinski definition) is 2. The van der Waals surface area contributed by atoms with Gasteiger partial charge >= 0.3 is 0 Å². The maximum absolute atomic E-state index is 12.6. The van der Waals surface area contributed by atoms with Crippen molar-refractivity contribution in [2.45, 2.75) is 11.8 Å². The Morgan fingerprint density at radius 3 is 2.32 bits per heavy atom. The smallest absolute Gasteiger partial charge is 0.264 e. The van der Waals surface area contributed by atoms with Gasteiger partial charge in [-0.05, 0) is 55.0 Å². The van der Waals surface area contributed by atoms with Gasteiger partial charge in [-0.1, -0.05) is 28.1 Å². The number of aryl methyl sites for hydroxylation is 1. The molecule has 0 amide bonds. The predicted octanol–water partition coefficient (Wildman–Crippen LogP) is 5.76. The average Bonchev–Trinajstić information content (AvgIpc) is 3.17. The first-order chi connectivity index (χ1) is 16.4. The molecule has 170 valence electrons. The number of nitrogens with one attached hydrogen (secondary N) is 2. The first-order valence-corrected chi connectivity index (χ1v) is 13.2. The predicted molar refractivity (Wildman–Crippen MR) is 138 cm³/mol. The third kappa shape index (κ3) is 4.49. The number of anilines is 3. The van der Waals surface area contributed by atoms with Crippen molar-refractivity contribution in [3.05, 3.63) is 82.7 Å². The molecule has 0 aliphatic heterocycles. The van der Waals surface area contributed by atoms with Crippen molar-refractivity contribution in [1.82, 2.24) is 19.9 Å². The molecule has 3 heterocycles. The number of fused-ring (bicyclic) bond motifs is 1. The van der Waals surface area contributed by atoms with Crippen molar-refractivity contribution < 1.29 is 8.42 Å². The number of sulfonamides is 1. The molecule has 0 saturated heterocycles. The molecule has 0 aliphatic carbocycles. The molecule has 2 aromatic carbocycles. The van der Waals surface area contributed by atoms with Gasteiger partial charge in [0.25, 0.3) is 10.0 Å². The number of benzene rings is 2. The summed E-state index contributed by atoms with van der Waals surface area (Å²) in [5, 5.41) is 4.24. The first kappa shape index (κ1) is 22.4. The standard InChI is InChI=1S/C23H17BrN6O2S2/c1-14-19(15-3-5-16(24)6-4-15)20-21(27-13-28-22(20)33-14)29-17-7-9-18(10-8-17)34(31,32)30-23-25-11-2-12-26-23/h2-13H,1H3,(H,25,26,30)(H,27,28,29). The molecule has 5 rings (SSSR count). The van der Waals surface area contributed by atoms with E-state index in [2.05, 4.69) is 65.0 Å². The van der Waals surface area contributed by atoms with Gasteiger partial charge in [-0.3, -0.25) is 0 Å². The second-order valence-electron chi connectivity index (χ2n) is 7.27. The van der Waals surface area contributed by atoms with Crippen molar-refractivity contribution in [3.63, 3.8) is 0 Å². The minimum atomic E-state index is -3.81. The zero-order valence-corrected chi connectivity index (χ0v) is 20.9. The third-order valence-electron chi connectivity index (χ3n) is 5.02. The largest absolute Gasteiger partial charge is 0.340 e. The van der Waals surface area contributed by atoms with Crippen molar-refractivity contribution in [2.24, 2.45) is 0 Å². The number of halogens is 1. The molecule has 8 nitrogen and oxygen atoms in total. The summed E-state index contributed by atoms with van der Waals surface area (Å²) in [6.07, 6.45) is 4.46. The van der Waals surface area contributed by atoms with Crippen molar-refractivity contribution in [2.75, 3.05) is 10.0 Å². The zero-order chi connectivity index (χ0) is 23.7. The number of thiophene rings is 1. The molecule has 0 spiro atoms. The van der Waals surface area contributed by atoms with Crippen LogP contribution in [0.5, 0.6) is 0 Å². The Bertz CT molecular complexity index is 1570. The van der Waals surface area contributed by atoms with Crippen LogP contribution in [0.3, 0.4) is 0 Å². The average molecular weight is 553 g/mol. The fourth-order valence-electron chi connectivity index (χ4n) is 3.49. The molecule has 11 heteroatoms. The minimum absolute atomic E-state index is 0.0152. The van der Waals surface area contributed by atoms with Crippen LogP contribution in [0.2, 0.25) is 0 Å². The van der Waals surface area contributed by atoms with Gasteiger partial charge < -0.3 is 5.32 Å². The molecule has 5 aromatic rings. The van der Waals surface area contributed by atoms with Gasteiger partial charge in [-0.15, -0.1) is 11.3 Å². The summed E-state index contributed by atoms with van der Waals surface area (Å²) in [7, 11) is -3.81. The van der Waals surface area contributed by atoms with Crippen LogP contribution in [0, 0.1) is 6.92 Å². The fourth-order valence-corrected chi connectivity index (χ4v) is 5.72. The Morgan fingerprint density at radius 1 is 0.912 bits per heavy atom. The summed E-state index contributed by atoms with van der Waals surface area (Å²) in [5.74, 6) is 0.667. The van der Waals surface area contributed by atoms with Gasteiger partial charge in [0, 0.05) is 33.0 Å². The Kier molecular flexibility index (Phi) is 5.98. The fraction of sp³-hybridized carbons (Fsp3) is 0.0435. The van der Waals surface area contributed by atoms with Crippen molar-refractivity contribution >= 4 is 65.0 Å². The summed E-state index contributed by atoms with van der Waals surface area (Å²) in [6, 6.07) is 16.1. The highest BCUT2D eigenvalue weighted by Gasteiger charge is 2.18. The van der Waals surface area contributed by atoms with E-state index in [1.165, 1.54) is 30.9 Å². The molecule has 34 heavy (non-hydrogen) atoms. The van der Waals surface area contributed by atoms with Crippen LogP contribution in [0.4, 0.5) is 17.5 Å². The lowest BCUT2D eigenvalue weighted by molar-refractivity contribution is 0.601. The molecule has 0 aliphatic rings. The molecule has 0 atom stereocenters. The van der Waals surface area contributed by atoms with Gasteiger partial charge in [-0.2, -0.15) is 0 Å². The molecular weight excluding hydrogens is 536 g/mol. The van der Waals surface area contributed by atoms with E-state index in [-0.39, 0.29) is 10.8 Å². The van der Waals surface area contributed by atoms with Crippen LogP contribution in [0.25, 0.3) is 21.3 Å². The Morgan fingerprint density at radius 2 is 1.62 bits per heavy atom. The quantitative estimate of drug-likeness (QED) is 0.275. The second-order valence-corrected chi connectivity index (χ2v) is 11.1. The lowest BCUT2D eigenvalue weighted by Crippen LogP contribution is -2.14. The maximum Gasteiger partial charge on any atom is 0.264 e. The molecule has 0 unspecified atom stereocenters. The molecular formula is C23H17BrN6O2S2. The number of hydrogen-bond acceptors (Lipinski definition) is 8. The number of rotatable bonds is 6. The van der Waals surface area contributed by atoms with E-state index >= 15 is 0 Å². The van der Waals surface area contributed by atoms with E-state index in [1.54, 1.807) is 29.5 Å². The lowest BCUT2D eigenvalue weighted by Gasteiger charge is -2.10. The van der Waals surface area contributed by atoms with E-state index < -0.39 is 10.0 Å². The van der Waals surface area contributed by atoms with Gasteiger partial charge in [-0.25, -0.2) is 33.1 Å². The summed E-state index contributed by atoms with van der Waals surface area (Å²) in [5.41, 5.74) is 2.84. The Hall–Kier alpha value is -3.41. The Balaban J connectivity index is 1.46. The number of nitrogens with zero attached hydrogens (tertiary/aromatic N) is 4. The van der Waals surface area contributed by atoms with Crippen molar-refractivity contribution in [3.8, 4) is 11.1 Å². The third-order valence-corrected chi connectivity index (χ3v) is 7.90. The molecule has 3 aromatic heterocycles. The summed E-state index contributed by atoms with van der Waals surface area (Å²) >= 11 is 5.09. The molecule has 0 saturated carbocycles. The van der Waals surface area contributed by atoms with E-state index in [9.17, 15) is 8.42 Å². The number of aromatic nitrogens is 4. The molecule has 2 N–H and O–H groups in total. The van der Waals surface area contributed by atoms with Crippen LogP contribution >= 0.6 is 27.3 Å². The van der Waals surface area contributed by atoms with Gasteiger partial charge in [0.15, 0.2) is 0 Å². The molecule has 0 bridgehead atoms. The van der Waals surface area contributed by atoms with Gasteiger partial charge in [0.1, 0.15) is 17.0 Å². The van der Waals surface area contributed by atoms with E-state index in [1.807, 2.05) is 12.1 Å². The second kappa shape index (κ2) is 9.09. The van der Waals surface area contributed by atoms with E-state index in [0.717, 1.165) is 30.7 Å². The van der Waals surface area contributed by atoms with Gasteiger partial charge in [0.05, 0.1) is 10.3 Å². The normalized spacial score (nSPS) is 11.5. The minimum Gasteiger partial charge on any atom is -0.340 e. The summed E-state index contributed by atoms with van der Waals surface area (Å²) in [6.45, 7) is 2.07. The summed E-state index contributed by atoms with van der Waals surface area (Å²) in [4.78, 5) is 18.8. The van der Waals surface area contributed by atoms with E-state index in [4.69, 9.17) is 0 Å². The topological polar surface area (TPSA) is 110 Å². The monoisotopic (exact) mass is 552 g/mol. The first-order valence-electron chi connectivity index (χ1n) is 10.1. The maximum atomic E-state index is 12.6. The Labute approximate surface area is 208 Å². The lowest BCUT2D eigenvalue weighted by atomic mass is 10.0. The van der Waals surface area contributed by atoms with Crippen LogP contribution in [0.1, 0.15) is 4.88 Å². The highest BCUT2D eigenvalue weighted by Crippen LogP contribution is 2.41. The van der Waals surface area contributed by atoms with E-state index in [0.29, 0.717) is 11.5 Å². The molecule has 0 fully saturated rings. The SMILES string of the molecule is Cc1sc2ncnc(Nc3ccc(S(=O)(=O)Nc4ncccn4)cc3)c2c1-c1ccc(Br)cc1. The zero-order valence-electron chi connectivity index (χ0n) is 17.7. The highest BCUT2D eigenvalue weighted by molar-refractivity contribution is 9.10. The van der Waals surface area contributed by atoms with Crippen LogP contribution in [-0.2, 0) is 10.0 Å². The highest BCUT2D eigenvalue weighted by atomic mass is 79.9. The van der Waals surface area contributed by atoms with Crippen LogP contribution < -0.4 is 10.0 Å². The molecule has 0 radical (unpaired) electrons. The van der Waals surface area contributed by atoms with Crippen LogP contribution in [0.15, 0.2) is 82.7 Å². The van der Waals surface area contributed by atoms with Gasteiger partial charge in [0.2, 0.25) is 5.95 Å². The van der Waals surface area contributed by atoms with Crippen molar-refractivity contribution in [1.29, 1.82) is 0 Å².